The van der Waals surface area contributed by atoms with Gasteiger partial charge < -0.3 is 4.42 Å². The molecule has 0 saturated carbocycles. The minimum absolute atomic E-state index is 0.0877. The number of furan rings is 1. The number of rotatable bonds is 0. The van der Waals surface area contributed by atoms with Gasteiger partial charge in [-0.25, -0.2) is 0 Å². The van der Waals surface area contributed by atoms with Crippen LogP contribution < -0.4 is 0 Å². The summed E-state index contributed by atoms with van der Waals surface area (Å²) in [6.45, 7) is 6.48. The number of fused-ring (bicyclic) bond motifs is 1. The molecule has 2 rings (SSSR count). The Balaban J connectivity index is 2.75. The molecule has 2 aromatic rings. The normalized spacial score (nSPS) is 12.2. The van der Waals surface area contributed by atoms with Crippen molar-refractivity contribution in [1.82, 2.24) is 4.98 Å². The van der Waals surface area contributed by atoms with Crippen LogP contribution in [0, 0.1) is 0 Å². The third-order valence-electron chi connectivity index (χ3n) is 2.17. The van der Waals surface area contributed by atoms with Crippen LogP contribution in [0.15, 0.2) is 29.1 Å². The second kappa shape index (κ2) is 2.59. The molecule has 0 fully saturated rings. The van der Waals surface area contributed by atoms with Gasteiger partial charge in [0.2, 0.25) is 0 Å². The number of nitrogens with zero attached hydrogens (tertiary/aromatic N) is 1. The zero-order valence-electron chi connectivity index (χ0n) is 8.16. The van der Waals surface area contributed by atoms with Crippen LogP contribution >= 0.6 is 0 Å². The van der Waals surface area contributed by atoms with Crippen LogP contribution in [0.2, 0.25) is 0 Å². The van der Waals surface area contributed by atoms with E-state index in [0.717, 1.165) is 16.5 Å². The van der Waals surface area contributed by atoms with Crippen LogP contribution in [-0.2, 0) is 5.41 Å². The Bertz CT molecular complexity index is 423. The maximum atomic E-state index is 5.44. The minimum Gasteiger partial charge on any atom is -0.464 e. The fourth-order valence-corrected chi connectivity index (χ4v) is 1.42. The molecule has 0 saturated heterocycles. The van der Waals surface area contributed by atoms with E-state index in [-0.39, 0.29) is 5.41 Å². The summed E-state index contributed by atoms with van der Waals surface area (Å²) in [6.07, 6.45) is 5.42. The molecular formula is C11H13NO. The van der Waals surface area contributed by atoms with E-state index < -0.39 is 0 Å². The van der Waals surface area contributed by atoms with E-state index in [2.05, 4.69) is 25.8 Å². The summed E-state index contributed by atoms with van der Waals surface area (Å²) in [4.78, 5) is 4.19. The molecule has 0 aliphatic heterocycles. The molecule has 0 aliphatic carbocycles. The predicted octanol–water partition coefficient (Wildman–Crippen LogP) is 3.13. The van der Waals surface area contributed by atoms with Gasteiger partial charge in [-0.15, -0.1) is 0 Å². The third kappa shape index (κ3) is 1.32. The van der Waals surface area contributed by atoms with E-state index in [0.29, 0.717) is 0 Å². The number of hydrogen-bond donors (Lipinski definition) is 0. The second-order valence-electron chi connectivity index (χ2n) is 4.28. The molecule has 0 unspecified atom stereocenters. The molecule has 2 aromatic heterocycles. The van der Waals surface area contributed by atoms with Gasteiger partial charge in [-0.1, -0.05) is 20.8 Å². The Labute approximate surface area is 77.6 Å². The van der Waals surface area contributed by atoms with Crippen LogP contribution in [0.25, 0.3) is 11.0 Å². The summed E-state index contributed by atoms with van der Waals surface area (Å²) < 4.78 is 5.44. The van der Waals surface area contributed by atoms with Crippen molar-refractivity contribution in [3.05, 3.63) is 30.3 Å². The first-order valence-corrected chi connectivity index (χ1v) is 4.41. The molecule has 0 amide bonds. The van der Waals surface area contributed by atoms with Crippen molar-refractivity contribution in [3.63, 3.8) is 0 Å². The first-order chi connectivity index (χ1) is 6.09. The Morgan fingerprint density at radius 2 is 2.00 bits per heavy atom. The van der Waals surface area contributed by atoms with Crippen LogP contribution in [0.3, 0.4) is 0 Å². The second-order valence-corrected chi connectivity index (χ2v) is 4.28. The van der Waals surface area contributed by atoms with Crippen molar-refractivity contribution in [2.75, 3.05) is 0 Å². The monoisotopic (exact) mass is 175 g/mol. The third-order valence-corrected chi connectivity index (χ3v) is 2.17. The lowest BCUT2D eigenvalue weighted by molar-refractivity contribution is 0.556. The first-order valence-electron chi connectivity index (χ1n) is 4.41. The fraction of sp³-hybridized carbons (Fsp3) is 0.364. The Morgan fingerprint density at radius 1 is 1.23 bits per heavy atom. The molecule has 13 heavy (non-hydrogen) atoms. The lowest BCUT2D eigenvalue weighted by Crippen LogP contribution is -2.11. The van der Waals surface area contributed by atoms with Gasteiger partial charge in [0.05, 0.1) is 6.26 Å². The molecule has 0 atom stereocenters. The molecule has 0 spiro atoms. The van der Waals surface area contributed by atoms with Gasteiger partial charge in [-0.2, -0.15) is 0 Å². The molecule has 2 heterocycles. The molecule has 0 radical (unpaired) electrons. The van der Waals surface area contributed by atoms with E-state index in [1.807, 2.05) is 18.5 Å². The highest BCUT2D eigenvalue weighted by molar-refractivity contribution is 5.79. The smallest absolute Gasteiger partial charge is 0.140 e. The molecule has 0 aromatic carbocycles. The number of pyridine rings is 1. The Hall–Kier alpha value is -1.31. The van der Waals surface area contributed by atoms with E-state index in [4.69, 9.17) is 4.42 Å². The van der Waals surface area contributed by atoms with E-state index in [1.165, 1.54) is 0 Å². The van der Waals surface area contributed by atoms with Crippen molar-refractivity contribution in [2.45, 2.75) is 26.2 Å². The standard InChI is InChI=1S/C11H13NO/c1-11(2,3)9-7-12-6-8-4-5-13-10(8)9/h4-7H,1-3H3. The molecule has 0 N–H and O–H groups in total. The summed E-state index contributed by atoms with van der Waals surface area (Å²) in [7, 11) is 0. The lowest BCUT2D eigenvalue weighted by atomic mass is 9.87. The SMILES string of the molecule is CC(C)(C)c1cncc2ccoc12. The van der Waals surface area contributed by atoms with Crippen molar-refractivity contribution in [3.8, 4) is 0 Å². The molecule has 2 nitrogen and oxygen atoms in total. The quantitative estimate of drug-likeness (QED) is 0.614. The van der Waals surface area contributed by atoms with Crippen molar-refractivity contribution >= 4 is 11.0 Å². The summed E-state index contributed by atoms with van der Waals surface area (Å²) in [5, 5.41) is 1.08. The molecular weight excluding hydrogens is 162 g/mol. The van der Waals surface area contributed by atoms with Gasteiger partial charge in [0.25, 0.3) is 0 Å². The largest absolute Gasteiger partial charge is 0.464 e. The van der Waals surface area contributed by atoms with Crippen LogP contribution in [0.5, 0.6) is 0 Å². The van der Waals surface area contributed by atoms with E-state index in [1.54, 1.807) is 6.26 Å². The van der Waals surface area contributed by atoms with Gasteiger partial charge >= 0.3 is 0 Å². The topological polar surface area (TPSA) is 26.0 Å². The van der Waals surface area contributed by atoms with Crippen molar-refractivity contribution < 1.29 is 4.42 Å². The maximum absolute atomic E-state index is 5.44. The number of aromatic nitrogens is 1. The molecule has 0 aliphatic rings. The number of hydrogen-bond acceptors (Lipinski definition) is 2. The summed E-state index contributed by atoms with van der Waals surface area (Å²) >= 11 is 0. The fourth-order valence-electron chi connectivity index (χ4n) is 1.42. The highest BCUT2D eigenvalue weighted by atomic mass is 16.3. The molecule has 2 heteroatoms. The molecule has 68 valence electrons. The Morgan fingerprint density at radius 3 is 2.69 bits per heavy atom. The predicted molar refractivity (Wildman–Crippen MR) is 52.7 cm³/mol. The lowest BCUT2D eigenvalue weighted by Gasteiger charge is -2.18. The first kappa shape index (κ1) is 8.30. The zero-order valence-corrected chi connectivity index (χ0v) is 8.16. The maximum Gasteiger partial charge on any atom is 0.140 e. The summed E-state index contributed by atoms with van der Waals surface area (Å²) in [6, 6.07) is 1.94. The summed E-state index contributed by atoms with van der Waals surface area (Å²) in [5.41, 5.74) is 2.21. The van der Waals surface area contributed by atoms with E-state index in [9.17, 15) is 0 Å². The van der Waals surface area contributed by atoms with Crippen molar-refractivity contribution in [2.24, 2.45) is 0 Å². The zero-order chi connectivity index (χ0) is 9.47. The van der Waals surface area contributed by atoms with Gasteiger partial charge in [0, 0.05) is 23.3 Å². The van der Waals surface area contributed by atoms with Gasteiger partial charge in [-0.3, -0.25) is 4.98 Å². The van der Waals surface area contributed by atoms with Crippen LogP contribution in [-0.4, -0.2) is 4.98 Å². The average molecular weight is 175 g/mol. The van der Waals surface area contributed by atoms with Crippen LogP contribution in [0.1, 0.15) is 26.3 Å². The highest BCUT2D eigenvalue weighted by Gasteiger charge is 2.18. The highest BCUT2D eigenvalue weighted by Crippen LogP contribution is 2.29. The van der Waals surface area contributed by atoms with Crippen molar-refractivity contribution in [1.29, 1.82) is 0 Å². The van der Waals surface area contributed by atoms with Gasteiger partial charge in [-0.05, 0) is 11.5 Å². The molecule has 0 bridgehead atoms. The minimum atomic E-state index is 0.0877. The summed E-state index contributed by atoms with van der Waals surface area (Å²) in [5.74, 6) is 0. The van der Waals surface area contributed by atoms with E-state index >= 15 is 0 Å². The Kier molecular flexibility index (Phi) is 1.65. The van der Waals surface area contributed by atoms with Gasteiger partial charge in [0.15, 0.2) is 0 Å². The van der Waals surface area contributed by atoms with Crippen LogP contribution in [0.4, 0.5) is 0 Å². The average Bonchev–Trinajstić information content (AvgIpc) is 2.48. The van der Waals surface area contributed by atoms with Gasteiger partial charge in [0.1, 0.15) is 5.58 Å².